The van der Waals surface area contributed by atoms with Gasteiger partial charge in [0, 0.05) is 25.3 Å². The third-order valence-electron chi connectivity index (χ3n) is 9.96. The van der Waals surface area contributed by atoms with Crippen molar-refractivity contribution in [1.82, 2.24) is 9.80 Å². The van der Waals surface area contributed by atoms with Gasteiger partial charge in [-0.05, 0) is 61.3 Å². The molecule has 2 heterocycles. The predicted molar refractivity (Wildman–Crippen MR) is 175 cm³/mol. The first-order valence-corrected chi connectivity index (χ1v) is 17.1. The number of ketones is 1. The van der Waals surface area contributed by atoms with Crippen LogP contribution in [0.4, 0.5) is 0 Å². The molecule has 0 spiro atoms. The van der Waals surface area contributed by atoms with Crippen LogP contribution in [-0.4, -0.2) is 57.6 Å². The summed E-state index contributed by atoms with van der Waals surface area (Å²) in [4.78, 5) is 55.6. The zero-order valence-electron chi connectivity index (χ0n) is 26.7. The van der Waals surface area contributed by atoms with Crippen molar-refractivity contribution >= 4 is 23.5 Å². The number of rotatable bonds is 15. The van der Waals surface area contributed by atoms with Crippen LogP contribution in [0.1, 0.15) is 122 Å². The number of Topliss-reactive ketones (excluding diaryl/α,β-unsaturated/α-hetero) is 1. The largest absolute Gasteiger partial charge is 0.389 e. The first-order valence-electron chi connectivity index (χ1n) is 17.1. The molecule has 3 aliphatic rings. The van der Waals surface area contributed by atoms with E-state index in [1.807, 2.05) is 29.2 Å². The van der Waals surface area contributed by atoms with Crippen LogP contribution in [0.2, 0.25) is 0 Å². The molecule has 2 aliphatic heterocycles. The molecule has 7 heteroatoms. The summed E-state index contributed by atoms with van der Waals surface area (Å²) in [7, 11) is 0. The van der Waals surface area contributed by atoms with Crippen molar-refractivity contribution in [2.75, 3.05) is 13.1 Å². The lowest BCUT2D eigenvalue weighted by molar-refractivity contribution is -0.134. The average molecular weight is 613 g/mol. The number of amides is 3. The number of benzene rings is 2. The van der Waals surface area contributed by atoms with Gasteiger partial charge in [0.05, 0.1) is 29.8 Å². The Kier molecular flexibility index (Phi) is 11.4. The summed E-state index contributed by atoms with van der Waals surface area (Å²) in [5, 5.41) is 10.3. The van der Waals surface area contributed by atoms with Gasteiger partial charge in [-0.15, -0.1) is 0 Å². The number of nitrogens with zero attached hydrogens (tertiary/aromatic N) is 2. The van der Waals surface area contributed by atoms with E-state index < -0.39 is 6.10 Å². The Labute approximate surface area is 267 Å². The van der Waals surface area contributed by atoms with Crippen LogP contribution in [0, 0.1) is 11.8 Å². The minimum atomic E-state index is -0.425. The highest BCUT2D eigenvalue weighted by atomic mass is 16.3. The highest BCUT2D eigenvalue weighted by molar-refractivity contribution is 6.21. The number of unbranched alkanes of at least 4 members (excludes halogenated alkanes) is 5. The topological polar surface area (TPSA) is 95.0 Å². The summed E-state index contributed by atoms with van der Waals surface area (Å²) in [6.45, 7) is 2.87. The van der Waals surface area contributed by atoms with Gasteiger partial charge in [0.1, 0.15) is 5.78 Å². The first kappa shape index (κ1) is 32.8. The fourth-order valence-corrected chi connectivity index (χ4v) is 7.37. The number of carbonyl (C=O) groups is 4. The van der Waals surface area contributed by atoms with E-state index in [2.05, 4.69) is 19.1 Å². The molecule has 240 valence electrons. The Bertz CT molecular complexity index is 1370. The Morgan fingerprint density at radius 3 is 2.38 bits per heavy atom. The molecule has 0 bridgehead atoms. The molecule has 0 saturated heterocycles. The van der Waals surface area contributed by atoms with Gasteiger partial charge in [0.2, 0.25) is 5.91 Å². The van der Waals surface area contributed by atoms with Gasteiger partial charge in [-0.3, -0.25) is 24.1 Å². The summed E-state index contributed by atoms with van der Waals surface area (Å²) >= 11 is 0. The minimum absolute atomic E-state index is 0.0436. The number of aliphatic hydroxyl groups is 1. The molecular weight excluding hydrogens is 564 g/mol. The molecule has 1 saturated carbocycles. The van der Waals surface area contributed by atoms with Crippen LogP contribution in [0.25, 0.3) is 0 Å². The van der Waals surface area contributed by atoms with Gasteiger partial charge in [-0.25, -0.2) is 0 Å². The van der Waals surface area contributed by atoms with E-state index in [9.17, 15) is 24.3 Å². The summed E-state index contributed by atoms with van der Waals surface area (Å²) in [5.41, 5.74) is 3.01. The van der Waals surface area contributed by atoms with Crippen molar-refractivity contribution in [2.24, 2.45) is 11.8 Å². The van der Waals surface area contributed by atoms with Gasteiger partial charge in [0.25, 0.3) is 11.8 Å². The van der Waals surface area contributed by atoms with E-state index in [1.54, 1.807) is 24.3 Å². The number of allylic oxidation sites excluding steroid dienone is 1. The Hall–Kier alpha value is -3.58. The molecule has 45 heavy (non-hydrogen) atoms. The molecular formula is C38H48N2O5. The normalized spacial score (nSPS) is 21.9. The van der Waals surface area contributed by atoms with E-state index in [0.717, 1.165) is 81.8 Å². The maximum atomic E-state index is 13.6. The van der Waals surface area contributed by atoms with Crippen LogP contribution < -0.4 is 0 Å². The number of imide groups is 1. The van der Waals surface area contributed by atoms with Crippen molar-refractivity contribution in [1.29, 1.82) is 0 Å². The molecule has 5 rings (SSSR count). The van der Waals surface area contributed by atoms with Gasteiger partial charge in [-0.2, -0.15) is 0 Å². The van der Waals surface area contributed by atoms with Crippen molar-refractivity contribution in [3.8, 4) is 0 Å². The standard InChI is InChI=1S/C38H48N2O5/c1-2-3-6-14-29(41)22-20-28-21-23-35(42)31(28)16-7-4-5-8-19-36(43)39-25-24-27-13-9-10-15-30(27)34(39)26-40-37(44)32-17-11-12-18-33(32)38(40)45/h9-13,15,17-18,20,22,28-29,31,34,41H,2-8,14,16,19,21,23-26H2,1H3/t28-,29+,31-,34-/m1/s1. The molecule has 1 fully saturated rings. The third kappa shape index (κ3) is 7.81. The second-order valence-corrected chi connectivity index (χ2v) is 13.0. The highest BCUT2D eigenvalue weighted by Crippen LogP contribution is 2.35. The summed E-state index contributed by atoms with van der Waals surface area (Å²) in [6, 6.07) is 14.6. The average Bonchev–Trinajstić information content (AvgIpc) is 3.52. The van der Waals surface area contributed by atoms with Crippen molar-refractivity contribution in [3.05, 3.63) is 82.9 Å². The Morgan fingerprint density at radius 2 is 1.62 bits per heavy atom. The molecule has 0 radical (unpaired) electrons. The zero-order valence-corrected chi connectivity index (χ0v) is 26.7. The summed E-state index contributed by atoms with van der Waals surface area (Å²) in [6.07, 6.45) is 14.8. The Morgan fingerprint density at radius 1 is 0.911 bits per heavy atom. The van der Waals surface area contributed by atoms with E-state index in [4.69, 9.17) is 0 Å². The highest BCUT2D eigenvalue weighted by Gasteiger charge is 2.40. The molecule has 3 amide bonds. The monoisotopic (exact) mass is 612 g/mol. The van der Waals surface area contributed by atoms with E-state index in [0.29, 0.717) is 36.3 Å². The summed E-state index contributed by atoms with van der Waals surface area (Å²) < 4.78 is 0. The van der Waals surface area contributed by atoms with E-state index in [1.165, 1.54) is 4.90 Å². The smallest absolute Gasteiger partial charge is 0.261 e. The van der Waals surface area contributed by atoms with Crippen molar-refractivity contribution in [2.45, 2.75) is 103 Å². The van der Waals surface area contributed by atoms with E-state index >= 15 is 0 Å². The fraction of sp³-hybridized carbons (Fsp3) is 0.526. The molecule has 2 aromatic carbocycles. The number of hydrogen-bond acceptors (Lipinski definition) is 5. The number of fused-ring (bicyclic) bond motifs is 2. The number of aliphatic hydroxyl groups excluding tert-OH is 1. The van der Waals surface area contributed by atoms with Crippen LogP contribution in [0.5, 0.6) is 0 Å². The SMILES string of the molecule is CCCCC[C@H](O)C=C[C@@H]1CCC(=O)[C@@H]1CCCCCCC(=O)N1CCc2ccccc2[C@H]1CN1C(=O)c2ccccc2C1=O. The quantitative estimate of drug-likeness (QED) is 0.135. The third-order valence-corrected chi connectivity index (χ3v) is 9.96. The van der Waals surface area contributed by atoms with E-state index in [-0.39, 0.29) is 42.1 Å². The van der Waals surface area contributed by atoms with Crippen LogP contribution >= 0.6 is 0 Å². The maximum absolute atomic E-state index is 13.6. The summed E-state index contributed by atoms with van der Waals surface area (Å²) in [5.74, 6) is 0.0675. The molecule has 7 nitrogen and oxygen atoms in total. The van der Waals surface area contributed by atoms with Crippen molar-refractivity contribution in [3.63, 3.8) is 0 Å². The maximum Gasteiger partial charge on any atom is 0.261 e. The van der Waals surface area contributed by atoms with Crippen LogP contribution in [-0.2, 0) is 16.0 Å². The zero-order chi connectivity index (χ0) is 31.8. The van der Waals surface area contributed by atoms with Crippen LogP contribution in [0.3, 0.4) is 0 Å². The molecule has 1 N–H and O–H groups in total. The van der Waals surface area contributed by atoms with Gasteiger partial charge in [0.15, 0.2) is 0 Å². The van der Waals surface area contributed by atoms with Gasteiger partial charge >= 0.3 is 0 Å². The van der Waals surface area contributed by atoms with Crippen molar-refractivity contribution < 1.29 is 24.3 Å². The second kappa shape index (κ2) is 15.6. The lowest BCUT2D eigenvalue weighted by Gasteiger charge is -2.39. The van der Waals surface area contributed by atoms with Gasteiger partial charge < -0.3 is 10.0 Å². The first-order chi connectivity index (χ1) is 21.9. The molecule has 2 aromatic rings. The molecule has 1 aliphatic carbocycles. The number of carbonyl (C=O) groups excluding carboxylic acids is 4. The predicted octanol–water partition coefficient (Wildman–Crippen LogP) is 6.84. The second-order valence-electron chi connectivity index (χ2n) is 13.0. The minimum Gasteiger partial charge on any atom is -0.389 e. The number of hydrogen-bond donors (Lipinski definition) is 1. The molecule has 0 unspecified atom stereocenters. The van der Waals surface area contributed by atoms with Crippen LogP contribution in [0.15, 0.2) is 60.7 Å². The Balaban J connectivity index is 1.11. The molecule has 0 aromatic heterocycles. The van der Waals surface area contributed by atoms with Gasteiger partial charge in [-0.1, -0.05) is 94.0 Å². The lowest BCUT2D eigenvalue weighted by Crippen LogP contribution is -2.46. The lowest BCUT2D eigenvalue weighted by atomic mass is 9.89. The fourth-order valence-electron chi connectivity index (χ4n) is 7.37. The molecule has 4 atom stereocenters.